The molecule has 0 amide bonds. The van der Waals surface area contributed by atoms with Gasteiger partial charge in [-0.25, -0.2) is 4.57 Å². The van der Waals surface area contributed by atoms with Gasteiger partial charge in [-0.3, -0.25) is 18.6 Å². The van der Waals surface area contributed by atoms with Crippen molar-refractivity contribution >= 4 is 19.8 Å². The van der Waals surface area contributed by atoms with Crippen molar-refractivity contribution in [1.82, 2.24) is 0 Å². The number of carbonyl (C=O) groups is 2. The van der Waals surface area contributed by atoms with E-state index in [0.29, 0.717) is 12.8 Å². The minimum atomic E-state index is -4.60. The van der Waals surface area contributed by atoms with Gasteiger partial charge in [0.2, 0.25) is 0 Å². The van der Waals surface area contributed by atoms with Crippen molar-refractivity contribution in [3.63, 3.8) is 0 Å². The smallest absolute Gasteiger partial charge is 0.462 e. The third-order valence-corrected chi connectivity index (χ3v) is 9.37. The molecule has 0 aliphatic carbocycles. The second kappa shape index (κ2) is 35.1. The summed E-state index contributed by atoms with van der Waals surface area (Å²) < 4.78 is 32.5. The zero-order chi connectivity index (χ0) is 36.3. The van der Waals surface area contributed by atoms with Crippen molar-refractivity contribution in [1.29, 1.82) is 0 Å². The normalized spacial score (nSPS) is 14.1. The maximum Gasteiger partial charge on any atom is 0.472 e. The molecule has 0 spiro atoms. The van der Waals surface area contributed by atoms with Gasteiger partial charge in [-0.15, -0.1) is 0 Å². The molecule has 1 unspecified atom stereocenters. The van der Waals surface area contributed by atoms with Gasteiger partial charge >= 0.3 is 19.8 Å². The van der Waals surface area contributed by atoms with Gasteiger partial charge in [-0.05, 0) is 38.5 Å². The highest BCUT2D eigenvalue weighted by Crippen LogP contribution is 2.43. The number of allylic oxidation sites excluding steroid dienone is 2. The first-order valence-electron chi connectivity index (χ1n) is 19.6. The molecule has 3 atom stereocenters. The lowest BCUT2D eigenvalue weighted by atomic mass is 10.1. The largest absolute Gasteiger partial charge is 0.472 e. The van der Waals surface area contributed by atoms with Crippen LogP contribution < -0.4 is 0 Å². The summed E-state index contributed by atoms with van der Waals surface area (Å²) in [6.07, 6.45) is 30.6. The molecule has 0 aliphatic heterocycles. The monoisotopic (exact) mass is 720 g/mol. The number of ether oxygens (including phenoxy) is 2. The maximum atomic E-state index is 12.5. The van der Waals surface area contributed by atoms with Crippen LogP contribution in [0.3, 0.4) is 0 Å². The van der Waals surface area contributed by atoms with Gasteiger partial charge in [0.1, 0.15) is 12.7 Å². The Morgan fingerprint density at radius 1 is 0.592 bits per heavy atom. The summed E-state index contributed by atoms with van der Waals surface area (Å²) in [5.74, 6) is -0.929. The van der Waals surface area contributed by atoms with Gasteiger partial charge in [0.15, 0.2) is 6.10 Å². The van der Waals surface area contributed by atoms with Crippen molar-refractivity contribution in [3.05, 3.63) is 12.2 Å². The highest BCUT2D eigenvalue weighted by Gasteiger charge is 2.27. The molecule has 10 nitrogen and oxygen atoms in total. The number of esters is 2. The molecular formula is C38H73O10P. The van der Waals surface area contributed by atoms with E-state index in [0.717, 1.165) is 38.5 Å². The predicted molar refractivity (Wildman–Crippen MR) is 196 cm³/mol. The van der Waals surface area contributed by atoms with Crippen molar-refractivity contribution < 1.29 is 47.8 Å². The number of rotatable bonds is 37. The van der Waals surface area contributed by atoms with Crippen LogP contribution in [0.2, 0.25) is 0 Å². The van der Waals surface area contributed by atoms with Crippen molar-refractivity contribution in [2.45, 2.75) is 193 Å². The SMILES string of the molecule is CCCCCCCC/C=C/CCCCCCCCCCCC(=O)O[C@H](COC(=O)CCCCCCCCC)COP(=O)(O)OC[C@@H](O)CO. The molecule has 0 radical (unpaired) electrons. The minimum Gasteiger partial charge on any atom is -0.462 e. The van der Waals surface area contributed by atoms with E-state index in [9.17, 15) is 24.2 Å². The Kier molecular flexibility index (Phi) is 34.2. The van der Waals surface area contributed by atoms with Crippen molar-refractivity contribution in [3.8, 4) is 0 Å². The molecule has 11 heteroatoms. The summed E-state index contributed by atoms with van der Waals surface area (Å²) in [6, 6.07) is 0. The molecule has 0 bridgehead atoms. The molecule has 49 heavy (non-hydrogen) atoms. The van der Waals surface area contributed by atoms with E-state index in [1.807, 2.05) is 0 Å². The molecule has 0 aliphatic rings. The fourth-order valence-corrected chi connectivity index (χ4v) is 6.13. The van der Waals surface area contributed by atoms with Gasteiger partial charge in [0.25, 0.3) is 0 Å². The number of carbonyl (C=O) groups excluding carboxylic acids is 2. The average molecular weight is 721 g/mol. The first-order chi connectivity index (χ1) is 23.7. The molecule has 0 aromatic rings. The Labute approximate surface area is 298 Å². The van der Waals surface area contributed by atoms with Crippen LogP contribution in [-0.4, -0.2) is 65.7 Å². The molecule has 0 fully saturated rings. The number of hydrogen-bond donors (Lipinski definition) is 3. The zero-order valence-electron chi connectivity index (χ0n) is 31.2. The van der Waals surface area contributed by atoms with Crippen LogP contribution in [-0.2, 0) is 32.7 Å². The fraction of sp³-hybridized carbons (Fsp3) is 0.895. The fourth-order valence-electron chi connectivity index (χ4n) is 5.34. The Morgan fingerprint density at radius 2 is 1.00 bits per heavy atom. The van der Waals surface area contributed by atoms with Gasteiger partial charge in [-0.2, -0.15) is 0 Å². The predicted octanol–water partition coefficient (Wildman–Crippen LogP) is 9.67. The van der Waals surface area contributed by atoms with Crippen LogP contribution in [0, 0.1) is 0 Å². The number of phosphoric acid groups is 1. The van der Waals surface area contributed by atoms with Gasteiger partial charge in [-0.1, -0.05) is 142 Å². The molecule has 0 saturated heterocycles. The summed E-state index contributed by atoms with van der Waals surface area (Å²) >= 11 is 0. The Hall–Kier alpha value is -1.29. The lowest BCUT2D eigenvalue weighted by Crippen LogP contribution is -2.29. The van der Waals surface area contributed by atoms with Crippen LogP contribution in [0.4, 0.5) is 0 Å². The molecule has 290 valence electrons. The molecule has 3 N–H and O–H groups in total. The lowest BCUT2D eigenvalue weighted by Gasteiger charge is -2.20. The van der Waals surface area contributed by atoms with Crippen molar-refractivity contribution in [2.75, 3.05) is 26.4 Å². The van der Waals surface area contributed by atoms with Crippen LogP contribution in [0.15, 0.2) is 12.2 Å². The number of phosphoric ester groups is 1. The lowest BCUT2D eigenvalue weighted by molar-refractivity contribution is -0.161. The first kappa shape index (κ1) is 47.7. The molecule has 0 aromatic carbocycles. The summed E-state index contributed by atoms with van der Waals surface area (Å²) in [6.45, 7) is 2.32. The number of hydrogen-bond acceptors (Lipinski definition) is 9. The molecule has 0 aromatic heterocycles. The number of aliphatic hydroxyl groups excluding tert-OH is 2. The quantitative estimate of drug-likeness (QED) is 0.0245. The van der Waals surface area contributed by atoms with Crippen molar-refractivity contribution in [2.24, 2.45) is 0 Å². The van der Waals surface area contributed by atoms with Crippen LogP contribution in [0.1, 0.15) is 181 Å². The van der Waals surface area contributed by atoms with Crippen LogP contribution in [0.25, 0.3) is 0 Å². The van der Waals surface area contributed by atoms with E-state index in [-0.39, 0.29) is 19.4 Å². The topological polar surface area (TPSA) is 149 Å². The third-order valence-electron chi connectivity index (χ3n) is 8.42. The van der Waals surface area contributed by atoms with E-state index in [1.165, 1.54) is 103 Å². The Balaban J connectivity index is 4.21. The Bertz CT molecular complexity index is 837. The summed E-state index contributed by atoms with van der Waals surface area (Å²) in [4.78, 5) is 34.7. The summed E-state index contributed by atoms with van der Waals surface area (Å²) in [7, 11) is -4.60. The standard InChI is InChI=1S/C38H73O10P/c1-3-5-7-9-11-12-13-14-15-16-17-18-19-20-21-22-24-26-28-30-38(42)48-36(34-47-49(43,44)46-32-35(40)31-39)33-45-37(41)29-27-25-23-10-8-6-4-2/h14-15,35-36,39-40H,3-13,16-34H2,1-2H3,(H,43,44)/b15-14+/t35-,36+/m0/s1. The van der Waals surface area contributed by atoms with Crippen LogP contribution in [0.5, 0.6) is 0 Å². The number of aliphatic hydroxyl groups is 2. The first-order valence-corrected chi connectivity index (χ1v) is 21.1. The van der Waals surface area contributed by atoms with Gasteiger partial charge < -0.3 is 24.6 Å². The zero-order valence-corrected chi connectivity index (χ0v) is 32.1. The molecule has 0 heterocycles. The van der Waals surface area contributed by atoms with Gasteiger partial charge in [0.05, 0.1) is 19.8 Å². The molecular weight excluding hydrogens is 647 g/mol. The second-order valence-electron chi connectivity index (χ2n) is 13.3. The molecule has 0 rings (SSSR count). The van der Waals surface area contributed by atoms with E-state index in [1.54, 1.807) is 0 Å². The minimum absolute atomic E-state index is 0.185. The third kappa shape index (κ3) is 34.9. The Morgan fingerprint density at radius 3 is 1.47 bits per heavy atom. The van der Waals surface area contributed by atoms with Gasteiger partial charge in [0, 0.05) is 12.8 Å². The van der Waals surface area contributed by atoms with E-state index in [4.69, 9.17) is 19.1 Å². The van der Waals surface area contributed by atoms with Crippen LogP contribution >= 0.6 is 7.82 Å². The highest BCUT2D eigenvalue weighted by molar-refractivity contribution is 7.47. The highest BCUT2D eigenvalue weighted by atomic mass is 31.2. The van der Waals surface area contributed by atoms with E-state index < -0.39 is 51.8 Å². The maximum absolute atomic E-state index is 12.5. The van der Waals surface area contributed by atoms with E-state index in [2.05, 4.69) is 30.5 Å². The number of unbranched alkanes of at least 4 members (excludes halogenated alkanes) is 21. The van der Waals surface area contributed by atoms with E-state index >= 15 is 0 Å². The second-order valence-corrected chi connectivity index (χ2v) is 14.8. The average Bonchev–Trinajstić information content (AvgIpc) is 3.09. The summed E-state index contributed by atoms with van der Waals surface area (Å²) in [5.41, 5.74) is 0. The molecule has 0 saturated carbocycles. The summed E-state index contributed by atoms with van der Waals surface area (Å²) in [5, 5.41) is 18.2.